The van der Waals surface area contributed by atoms with E-state index in [-0.39, 0.29) is 23.4 Å². The summed E-state index contributed by atoms with van der Waals surface area (Å²) in [4.78, 5) is 23.6. The maximum absolute atomic E-state index is 12.3. The lowest BCUT2D eigenvalue weighted by atomic mass is 10.2. The van der Waals surface area contributed by atoms with Gasteiger partial charge in [-0.3, -0.25) is 9.59 Å². The minimum Gasteiger partial charge on any atom is -0.455 e. The van der Waals surface area contributed by atoms with Crippen LogP contribution in [0.1, 0.15) is 18.9 Å². The molecule has 1 fully saturated rings. The second-order valence-electron chi connectivity index (χ2n) is 6.24. The van der Waals surface area contributed by atoms with Gasteiger partial charge in [-0.1, -0.05) is 13.0 Å². The molecule has 1 saturated carbocycles. The van der Waals surface area contributed by atoms with Gasteiger partial charge in [0.25, 0.3) is 5.91 Å². The molecule has 1 N–H and O–H groups in total. The van der Waals surface area contributed by atoms with Crippen LogP contribution in [-0.4, -0.2) is 45.3 Å². The van der Waals surface area contributed by atoms with Crippen molar-refractivity contribution in [1.29, 1.82) is 0 Å². The van der Waals surface area contributed by atoms with Gasteiger partial charge >= 0.3 is 5.97 Å². The lowest BCUT2D eigenvalue weighted by molar-refractivity contribution is -0.148. The second kappa shape index (κ2) is 6.90. The molecule has 8 heteroatoms. The number of nitrogens with one attached hydrogen (secondary N) is 1. The Kier molecular flexibility index (Phi) is 5.29. The molecule has 1 aromatic carbocycles. The summed E-state index contributed by atoms with van der Waals surface area (Å²) in [6, 6.07) is 4.62. The van der Waals surface area contributed by atoms with Crippen molar-refractivity contribution < 1.29 is 22.7 Å². The molecule has 2 atom stereocenters. The highest BCUT2D eigenvalue weighted by Gasteiger charge is 2.40. The zero-order valence-corrected chi connectivity index (χ0v) is 15.0. The largest absolute Gasteiger partial charge is 0.455 e. The zero-order valence-electron chi connectivity index (χ0n) is 14.2. The van der Waals surface area contributed by atoms with Crippen molar-refractivity contribution in [3.8, 4) is 0 Å². The van der Waals surface area contributed by atoms with Crippen LogP contribution in [0.4, 0.5) is 5.69 Å². The lowest BCUT2D eigenvalue weighted by Crippen LogP contribution is -2.24. The van der Waals surface area contributed by atoms with Gasteiger partial charge in [0.1, 0.15) is 0 Å². The number of hydrogen-bond acceptors (Lipinski definition) is 5. The first-order valence-corrected chi connectivity index (χ1v) is 9.06. The van der Waals surface area contributed by atoms with Crippen LogP contribution in [0.15, 0.2) is 23.1 Å². The number of benzene rings is 1. The quantitative estimate of drug-likeness (QED) is 0.779. The Hall–Kier alpha value is -1.93. The third-order valence-corrected chi connectivity index (χ3v) is 5.95. The summed E-state index contributed by atoms with van der Waals surface area (Å²) in [6.45, 7) is 3.25. The standard InChI is InChI=1S/C16H22N2O5S/c1-10-5-6-12(8-14(10)24(21,22)18(3)4)17-15(19)9-23-16(20)13-7-11(13)2/h5-6,8,11,13H,7,9H2,1-4H3,(H,17,19)/t11-,13+/m1/s1. The Morgan fingerprint density at radius 1 is 1.33 bits per heavy atom. The van der Waals surface area contributed by atoms with E-state index in [2.05, 4.69) is 5.32 Å². The van der Waals surface area contributed by atoms with E-state index in [9.17, 15) is 18.0 Å². The van der Waals surface area contributed by atoms with Gasteiger partial charge in [-0.05, 0) is 37.0 Å². The summed E-state index contributed by atoms with van der Waals surface area (Å²) in [5, 5.41) is 2.55. The Morgan fingerprint density at radius 2 is 1.96 bits per heavy atom. The molecule has 0 heterocycles. The molecule has 0 radical (unpaired) electrons. The average Bonchev–Trinajstić information content (AvgIpc) is 3.23. The summed E-state index contributed by atoms with van der Waals surface area (Å²) in [5.41, 5.74) is 0.915. The summed E-state index contributed by atoms with van der Waals surface area (Å²) in [7, 11) is -0.718. The molecular weight excluding hydrogens is 332 g/mol. The molecule has 1 amide bonds. The maximum Gasteiger partial charge on any atom is 0.309 e. The Labute approximate surface area is 142 Å². The molecule has 0 aliphatic heterocycles. The van der Waals surface area contributed by atoms with Gasteiger partial charge in [0.2, 0.25) is 10.0 Å². The van der Waals surface area contributed by atoms with Gasteiger partial charge < -0.3 is 10.1 Å². The minimum absolute atomic E-state index is 0.103. The first-order chi connectivity index (χ1) is 11.1. The molecular formula is C16H22N2O5S. The van der Waals surface area contributed by atoms with Crippen molar-refractivity contribution in [2.24, 2.45) is 11.8 Å². The van der Waals surface area contributed by atoms with Crippen molar-refractivity contribution in [2.45, 2.75) is 25.2 Å². The number of sulfonamides is 1. The van der Waals surface area contributed by atoms with Crippen molar-refractivity contribution in [1.82, 2.24) is 4.31 Å². The maximum atomic E-state index is 12.3. The van der Waals surface area contributed by atoms with E-state index in [4.69, 9.17) is 4.74 Å². The predicted octanol–water partition coefficient (Wildman–Crippen LogP) is 1.38. The van der Waals surface area contributed by atoms with E-state index in [0.717, 1.165) is 10.7 Å². The fourth-order valence-corrected chi connectivity index (χ4v) is 3.39. The zero-order chi connectivity index (χ0) is 18.1. The number of ether oxygens (including phenoxy) is 1. The van der Waals surface area contributed by atoms with Crippen LogP contribution in [0.2, 0.25) is 0 Å². The molecule has 132 valence electrons. The van der Waals surface area contributed by atoms with Crippen LogP contribution in [0.25, 0.3) is 0 Å². The third-order valence-electron chi connectivity index (χ3n) is 3.99. The van der Waals surface area contributed by atoms with E-state index < -0.39 is 15.9 Å². The number of amides is 1. The molecule has 1 aliphatic rings. The molecule has 0 saturated heterocycles. The van der Waals surface area contributed by atoms with Gasteiger partial charge in [0.05, 0.1) is 10.8 Å². The van der Waals surface area contributed by atoms with Gasteiger partial charge in [-0.25, -0.2) is 12.7 Å². The van der Waals surface area contributed by atoms with E-state index >= 15 is 0 Å². The predicted molar refractivity (Wildman–Crippen MR) is 88.9 cm³/mol. The molecule has 7 nitrogen and oxygen atoms in total. The van der Waals surface area contributed by atoms with Crippen LogP contribution in [-0.2, 0) is 24.3 Å². The van der Waals surface area contributed by atoms with Crippen molar-refractivity contribution >= 4 is 27.6 Å². The van der Waals surface area contributed by atoms with E-state index in [1.54, 1.807) is 19.1 Å². The number of carbonyl (C=O) groups excluding carboxylic acids is 2. The summed E-state index contributed by atoms with van der Waals surface area (Å²) >= 11 is 0. The summed E-state index contributed by atoms with van der Waals surface area (Å²) < 4.78 is 30.6. The first kappa shape index (κ1) is 18.4. The Bertz CT molecular complexity index is 758. The molecule has 0 bridgehead atoms. The van der Waals surface area contributed by atoms with Crippen molar-refractivity contribution in [3.63, 3.8) is 0 Å². The SMILES string of the molecule is Cc1ccc(NC(=O)COC(=O)[C@H]2C[C@H]2C)cc1S(=O)(=O)N(C)C. The highest BCUT2D eigenvalue weighted by molar-refractivity contribution is 7.89. The Morgan fingerprint density at radius 3 is 2.50 bits per heavy atom. The van der Waals surface area contributed by atoms with Gasteiger partial charge in [0, 0.05) is 19.8 Å². The lowest BCUT2D eigenvalue weighted by Gasteiger charge is -2.15. The molecule has 0 aromatic heterocycles. The molecule has 2 rings (SSSR count). The van der Waals surface area contributed by atoms with Gasteiger partial charge in [-0.15, -0.1) is 0 Å². The molecule has 1 aromatic rings. The molecule has 0 unspecified atom stereocenters. The normalized spacial score (nSPS) is 19.9. The second-order valence-corrected chi connectivity index (χ2v) is 8.36. The summed E-state index contributed by atoms with van der Waals surface area (Å²) in [6.07, 6.45) is 0.796. The fourth-order valence-electron chi connectivity index (χ4n) is 2.24. The Balaban J connectivity index is 2.02. The first-order valence-electron chi connectivity index (χ1n) is 7.62. The molecule has 0 spiro atoms. The number of hydrogen-bond donors (Lipinski definition) is 1. The number of esters is 1. The number of aryl methyl sites for hydroxylation is 1. The highest BCUT2D eigenvalue weighted by Crippen LogP contribution is 2.38. The summed E-state index contributed by atoms with van der Waals surface area (Å²) in [5.74, 6) is -0.656. The fraction of sp³-hybridized carbons (Fsp3) is 0.500. The minimum atomic E-state index is -3.60. The van der Waals surface area contributed by atoms with E-state index in [0.29, 0.717) is 17.2 Å². The molecule has 1 aliphatic carbocycles. The van der Waals surface area contributed by atoms with Crippen LogP contribution >= 0.6 is 0 Å². The van der Waals surface area contributed by atoms with Crippen LogP contribution < -0.4 is 5.32 Å². The van der Waals surface area contributed by atoms with Gasteiger partial charge in [0.15, 0.2) is 6.61 Å². The average molecular weight is 354 g/mol. The smallest absolute Gasteiger partial charge is 0.309 e. The number of anilines is 1. The van der Waals surface area contributed by atoms with E-state index in [1.807, 2.05) is 6.92 Å². The third kappa shape index (κ3) is 4.12. The monoisotopic (exact) mass is 354 g/mol. The van der Waals surface area contributed by atoms with Crippen LogP contribution in [0.5, 0.6) is 0 Å². The van der Waals surface area contributed by atoms with Crippen LogP contribution in [0, 0.1) is 18.8 Å². The number of nitrogens with zero attached hydrogens (tertiary/aromatic N) is 1. The van der Waals surface area contributed by atoms with Crippen molar-refractivity contribution in [2.75, 3.05) is 26.0 Å². The highest BCUT2D eigenvalue weighted by atomic mass is 32.2. The van der Waals surface area contributed by atoms with Gasteiger partial charge in [-0.2, -0.15) is 0 Å². The van der Waals surface area contributed by atoms with E-state index in [1.165, 1.54) is 20.2 Å². The topological polar surface area (TPSA) is 92.8 Å². The number of rotatable bonds is 6. The van der Waals surface area contributed by atoms with Crippen LogP contribution in [0.3, 0.4) is 0 Å². The molecule has 24 heavy (non-hydrogen) atoms. The number of carbonyl (C=O) groups is 2. The van der Waals surface area contributed by atoms with Crippen molar-refractivity contribution in [3.05, 3.63) is 23.8 Å².